The minimum atomic E-state index is -0.660. The molecular formula is C14H18N2O2. The summed E-state index contributed by atoms with van der Waals surface area (Å²) >= 11 is 0. The smallest absolute Gasteiger partial charge is 0.121 e. The molecule has 18 heavy (non-hydrogen) atoms. The van der Waals surface area contributed by atoms with Crippen molar-refractivity contribution < 1.29 is 9.84 Å². The zero-order chi connectivity index (χ0) is 13.1. The van der Waals surface area contributed by atoms with E-state index in [0.29, 0.717) is 6.61 Å². The lowest BCUT2D eigenvalue weighted by Crippen LogP contribution is -2.06. The standard InChI is InChI=1S/C14H18N2O2/c1-4-18-12-7-5-11(6-8-12)14(17)13-9-10(2)15-16(13)3/h5-9,14,17H,4H2,1-3H3. The first kappa shape index (κ1) is 12.6. The summed E-state index contributed by atoms with van der Waals surface area (Å²) in [4.78, 5) is 0. The van der Waals surface area contributed by atoms with Crippen LogP contribution in [-0.4, -0.2) is 21.5 Å². The van der Waals surface area contributed by atoms with Crippen LogP contribution in [0, 0.1) is 6.92 Å². The molecule has 0 bridgehead atoms. The lowest BCUT2D eigenvalue weighted by atomic mass is 10.1. The largest absolute Gasteiger partial charge is 0.494 e. The number of hydrogen-bond donors (Lipinski definition) is 1. The van der Waals surface area contributed by atoms with Gasteiger partial charge in [-0.15, -0.1) is 0 Å². The van der Waals surface area contributed by atoms with E-state index in [9.17, 15) is 5.11 Å². The van der Waals surface area contributed by atoms with Crippen LogP contribution in [0.15, 0.2) is 30.3 Å². The van der Waals surface area contributed by atoms with E-state index in [4.69, 9.17) is 4.74 Å². The first-order chi connectivity index (χ1) is 8.61. The highest BCUT2D eigenvalue weighted by Crippen LogP contribution is 2.24. The van der Waals surface area contributed by atoms with E-state index in [1.165, 1.54) is 0 Å². The van der Waals surface area contributed by atoms with Crippen molar-refractivity contribution in [1.29, 1.82) is 0 Å². The molecule has 0 aliphatic rings. The molecule has 0 aliphatic carbocycles. The molecule has 2 rings (SSSR count). The molecule has 4 nitrogen and oxygen atoms in total. The summed E-state index contributed by atoms with van der Waals surface area (Å²) in [6.45, 7) is 4.50. The molecule has 0 fully saturated rings. The van der Waals surface area contributed by atoms with E-state index in [0.717, 1.165) is 22.7 Å². The van der Waals surface area contributed by atoms with Gasteiger partial charge in [0.2, 0.25) is 0 Å². The average molecular weight is 246 g/mol. The van der Waals surface area contributed by atoms with Crippen LogP contribution in [0.2, 0.25) is 0 Å². The van der Waals surface area contributed by atoms with Crippen LogP contribution in [0.25, 0.3) is 0 Å². The van der Waals surface area contributed by atoms with Gasteiger partial charge in [-0.05, 0) is 37.6 Å². The zero-order valence-electron chi connectivity index (χ0n) is 10.9. The van der Waals surface area contributed by atoms with Crippen LogP contribution in [0.5, 0.6) is 5.75 Å². The molecule has 0 amide bonds. The topological polar surface area (TPSA) is 47.3 Å². The van der Waals surface area contributed by atoms with Gasteiger partial charge in [-0.1, -0.05) is 12.1 Å². The van der Waals surface area contributed by atoms with Crippen molar-refractivity contribution in [3.05, 3.63) is 47.3 Å². The van der Waals surface area contributed by atoms with Gasteiger partial charge >= 0.3 is 0 Å². The van der Waals surface area contributed by atoms with E-state index < -0.39 is 6.10 Å². The number of benzene rings is 1. The maximum atomic E-state index is 10.3. The molecular weight excluding hydrogens is 228 g/mol. The molecule has 1 heterocycles. The molecule has 1 atom stereocenters. The molecule has 1 N–H and O–H groups in total. The summed E-state index contributed by atoms with van der Waals surface area (Å²) in [5, 5.41) is 14.5. The van der Waals surface area contributed by atoms with Gasteiger partial charge in [-0.2, -0.15) is 5.10 Å². The fourth-order valence-corrected chi connectivity index (χ4v) is 1.97. The van der Waals surface area contributed by atoms with Crippen LogP contribution in [-0.2, 0) is 7.05 Å². The average Bonchev–Trinajstić information content (AvgIpc) is 2.69. The van der Waals surface area contributed by atoms with Gasteiger partial charge in [0.1, 0.15) is 11.9 Å². The van der Waals surface area contributed by atoms with Crippen molar-refractivity contribution in [3.8, 4) is 5.75 Å². The highest BCUT2D eigenvalue weighted by Gasteiger charge is 2.15. The van der Waals surface area contributed by atoms with Crippen LogP contribution in [0.3, 0.4) is 0 Å². The Balaban J connectivity index is 2.23. The van der Waals surface area contributed by atoms with Gasteiger partial charge in [-0.25, -0.2) is 0 Å². The Morgan fingerprint density at radius 1 is 1.33 bits per heavy atom. The molecule has 96 valence electrons. The van der Waals surface area contributed by atoms with Crippen molar-refractivity contribution in [1.82, 2.24) is 9.78 Å². The number of aliphatic hydroxyl groups excluding tert-OH is 1. The van der Waals surface area contributed by atoms with E-state index >= 15 is 0 Å². The van der Waals surface area contributed by atoms with E-state index in [1.807, 2.05) is 51.2 Å². The molecule has 0 saturated carbocycles. The second-order valence-corrected chi connectivity index (χ2v) is 4.24. The van der Waals surface area contributed by atoms with Crippen molar-refractivity contribution in [2.24, 2.45) is 7.05 Å². The Morgan fingerprint density at radius 2 is 2.00 bits per heavy atom. The summed E-state index contributed by atoms with van der Waals surface area (Å²) in [5.74, 6) is 0.814. The minimum Gasteiger partial charge on any atom is -0.494 e. The lowest BCUT2D eigenvalue weighted by molar-refractivity contribution is 0.209. The van der Waals surface area contributed by atoms with Crippen molar-refractivity contribution in [3.63, 3.8) is 0 Å². The Hall–Kier alpha value is -1.81. The van der Waals surface area contributed by atoms with Gasteiger partial charge in [0.15, 0.2) is 0 Å². The fourth-order valence-electron chi connectivity index (χ4n) is 1.97. The molecule has 0 saturated heterocycles. The Bertz CT molecular complexity index is 517. The van der Waals surface area contributed by atoms with Gasteiger partial charge in [-0.3, -0.25) is 4.68 Å². The summed E-state index contributed by atoms with van der Waals surface area (Å²) in [5.41, 5.74) is 2.52. The molecule has 0 aliphatic heterocycles. The quantitative estimate of drug-likeness (QED) is 0.899. The van der Waals surface area contributed by atoms with Crippen LogP contribution >= 0.6 is 0 Å². The minimum absolute atomic E-state index is 0.642. The normalized spacial score (nSPS) is 12.4. The van der Waals surface area contributed by atoms with Crippen LogP contribution in [0.4, 0.5) is 0 Å². The summed E-state index contributed by atoms with van der Waals surface area (Å²) in [6, 6.07) is 9.37. The molecule has 0 spiro atoms. The summed E-state index contributed by atoms with van der Waals surface area (Å²) in [7, 11) is 1.83. The SMILES string of the molecule is CCOc1ccc(C(O)c2cc(C)nn2C)cc1. The van der Waals surface area contributed by atoms with Crippen LogP contribution in [0.1, 0.15) is 30.0 Å². The van der Waals surface area contributed by atoms with Crippen molar-refractivity contribution in [2.75, 3.05) is 6.61 Å². The Labute approximate surface area is 107 Å². The predicted molar refractivity (Wildman–Crippen MR) is 69.6 cm³/mol. The van der Waals surface area contributed by atoms with E-state index in [-0.39, 0.29) is 0 Å². The summed E-state index contributed by atoms with van der Waals surface area (Å²) in [6.07, 6.45) is -0.660. The van der Waals surface area contributed by atoms with Crippen LogP contribution < -0.4 is 4.74 Å². The highest BCUT2D eigenvalue weighted by atomic mass is 16.5. The second kappa shape index (κ2) is 5.23. The van der Waals surface area contributed by atoms with Crippen molar-refractivity contribution >= 4 is 0 Å². The number of aliphatic hydroxyl groups is 1. The fraction of sp³-hybridized carbons (Fsp3) is 0.357. The second-order valence-electron chi connectivity index (χ2n) is 4.24. The molecule has 1 aromatic heterocycles. The van der Waals surface area contributed by atoms with Gasteiger partial charge in [0.25, 0.3) is 0 Å². The number of aromatic nitrogens is 2. The molecule has 0 radical (unpaired) electrons. The van der Waals surface area contributed by atoms with E-state index in [2.05, 4.69) is 5.10 Å². The van der Waals surface area contributed by atoms with Gasteiger partial charge in [0.05, 0.1) is 18.0 Å². The maximum absolute atomic E-state index is 10.3. The number of aryl methyl sites for hydroxylation is 2. The highest BCUT2D eigenvalue weighted by molar-refractivity contribution is 5.32. The predicted octanol–water partition coefficient (Wildman–Crippen LogP) is 2.21. The van der Waals surface area contributed by atoms with Crippen molar-refractivity contribution in [2.45, 2.75) is 20.0 Å². The molecule has 4 heteroatoms. The third-order valence-electron chi connectivity index (χ3n) is 2.83. The maximum Gasteiger partial charge on any atom is 0.121 e. The lowest BCUT2D eigenvalue weighted by Gasteiger charge is -2.12. The number of nitrogens with zero attached hydrogens (tertiary/aromatic N) is 2. The number of rotatable bonds is 4. The third-order valence-corrected chi connectivity index (χ3v) is 2.83. The number of hydrogen-bond acceptors (Lipinski definition) is 3. The van der Waals surface area contributed by atoms with Gasteiger partial charge in [0, 0.05) is 7.05 Å². The van der Waals surface area contributed by atoms with Gasteiger partial charge < -0.3 is 9.84 Å². The molecule has 1 aromatic carbocycles. The zero-order valence-corrected chi connectivity index (χ0v) is 10.9. The molecule has 1 unspecified atom stereocenters. The monoisotopic (exact) mass is 246 g/mol. The Kier molecular flexibility index (Phi) is 3.67. The number of ether oxygens (including phenoxy) is 1. The molecule has 2 aromatic rings. The Morgan fingerprint density at radius 3 is 2.50 bits per heavy atom. The third kappa shape index (κ3) is 2.54. The first-order valence-electron chi connectivity index (χ1n) is 6.03. The summed E-state index contributed by atoms with van der Waals surface area (Å²) < 4.78 is 7.08. The first-order valence-corrected chi connectivity index (χ1v) is 6.03. The van der Waals surface area contributed by atoms with E-state index in [1.54, 1.807) is 4.68 Å².